The normalized spacial score (nSPS) is 12.5. The Kier molecular flexibility index (Phi) is 1.88. The number of benzene rings is 3. The third-order valence-electron chi connectivity index (χ3n) is 3.71. The Bertz CT molecular complexity index is 847. The van der Waals surface area contributed by atoms with Crippen LogP contribution in [-0.4, -0.2) is 10.9 Å². The molecule has 1 aliphatic carbocycles. The van der Waals surface area contributed by atoms with Gasteiger partial charge < -0.3 is 5.11 Å². The van der Waals surface area contributed by atoms with Crippen LogP contribution >= 0.6 is 0 Å². The molecule has 0 radical (unpaired) electrons. The smallest absolute Gasteiger partial charge is 0.194 e. The Morgan fingerprint density at radius 3 is 2.32 bits per heavy atom. The van der Waals surface area contributed by atoms with Gasteiger partial charge in [-0.15, -0.1) is 0 Å². The van der Waals surface area contributed by atoms with Crippen LogP contribution < -0.4 is 0 Å². The molecule has 0 fully saturated rings. The lowest BCUT2D eigenvalue weighted by molar-refractivity contribution is 0.104. The van der Waals surface area contributed by atoms with Crippen LogP contribution in [0.25, 0.3) is 21.9 Å². The number of hydrogen-bond donors (Lipinski definition) is 1. The monoisotopic (exact) mass is 246 g/mol. The van der Waals surface area contributed by atoms with Crippen LogP contribution in [0, 0.1) is 0 Å². The van der Waals surface area contributed by atoms with Gasteiger partial charge in [-0.1, -0.05) is 48.5 Å². The zero-order valence-corrected chi connectivity index (χ0v) is 10.1. The Labute approximate surface area is 109 Å². The fraction of sp³-hybridized carbons (Fsp3) is 0. The van der Waals surface area contributed by atoms with E-state index in [1.165, 1.54) is 0 Å². The lowest BCUT2D eigenvalue weighted by atomic mass is 9.99. The summed E-state index contributed by atoms with van der Waals surface area (Å²) < 4.78 is 0. The molecule has 3 aromatic carbocycles. The summed E-state index contributed by atoms with van der Waals surface area (Å²) in [4.78, 5) is 12.4. The van der Waals surface area contributed by atoms with Crippen molar-refractivity contribution in [2.45, 2.75) is 0 Å². The number of ketones is 1. The van der Waals surface area contributed by atoms with Gasteiger partial charge in [-0.25, -0.2) is 0 Å². The van der Waals surface area contributed by atoms with Crippen molar-refractivity contribution in [3.8, 4) is 16.9 Å². The molecule has 4 rings (SSSR count). The van der Waals surface area contributed by atoms with Crippen molar-refractivity contribution in [2.75, 3.05) is 0 Å². The lowest BCUT2D eigenvalue weighted by Crippen LogP contribution is -1.94. The highest BCUT2D eigenvalue weighted by Crippen LogP contribution is 2.45. The van der Waals surface area contributed by atoms with Gasteiger partial charge in [0.1, 0.15) is 5.75 Å². The summed E-state index contributed by atoms with van der Waals surface area (Å²) in [7, 11) is 0. The number of aromatic hydroxyl groups is 1. The van der Waals surface area contributed by atoms with E-state index in [4.69, 9.17) is 0 Å². The van der Waals surface area contributed by atoms with Crippen LogP contribution in [0.3, 0.4) is 0 Å². The van der Waals surface area contributed by atoms with Gasteiger partial charge in [0.15, 0.2) is 5.78 Å². The maximum Gasteiger partial charge on any atom is 0.194 e. The molecule has 0 aliphatic heterocycles. The third kappa shape index (κ3) is 1.23. The highest BCUT2D eigenvalue weighted by atomic mass is 16.3. The average molecular weight is 246 g/mol. The molecule has 0 unspecified atom stereocenters. The molecule has 0 saturated heterocycles. The molecule has 0 spiro atoms. The molecule has 3 aromatic rings. The van der Waals surface area contributed by atoms with Gasteiger partial charge in [0.2, 0.25) is 0 Å². The SMILES string of the molecule is O=C1c2ccccc2-c2c1cc1ccccc1c2O. The van der Waals surface area contributed by atoms with E-state index in [0.29, 0.717) is 16.7 Å². The second kappa shape index (κ2) is 3.45. The minimum atomic E-state index is -0.00773. The minimum Gasteiger partial charge on any atom is -0.507 e. The Morgan fingerprint density at radius 2 is 1.47 bits per heavy atom. The predicted octanol–water partition coefficient (Wildman–Crippen LogP) is 3.76. The predicted molar refractivity (Wildman–Crippen MR) is 74.5 cm³/mol. The number of fused-ring (bicyclic) bond motifs is 4. The highest BCUT2D eigenvalue weighted by Gasteiger charge is 2.29. The largest absolute Gasteiger partial charge is 0.507 e. The average Bonchev–Trinajstić information content (AvgIpc) is 2.74. The van der Waals surface area contributed by atoms with Crippen LogP contribution in [0.5, 0.6) is 5.75 Å². The van der Waals surface area contributed by atoms with Crippen LogP contribution in [0.2, 0.25) is 0 Å². The molecule has 0 atom stereocenters. The van der Waals surface area contributed by atoms with Crippen molar-refractivity contribution in [3.63, 3.8) is 0 Å². The number of phenolic OH excluding ortho intramolecular Hbond substituents is 1. The Hall–Kier alpha value is -2.61. The van der Waals surface area contributed by atoms with Crippen LogP contribution in [0.4, 0.5) is 0 Å². The molecule has 0 bridgehead atoms. The lowest BCUT2D eigenvalue weighted by Gasteiger charge is -2.07. The van der Waals surface area contributed by atoms with Gasteiger partial charge in [-0.05, 0) is 17.0 Å². The molecule has 0 aromatic heterocycles. The summed E-state index contributed by atoms with van der Waals surface area (Å²) in [6.45, 7) is 0. The van der Waals surface area contributed by atoms with E-state index in [1.807, 2.05) is 54.6 Å². The summed E-state index contributed by atoms with van der Waals surface area (Å²) in [5.41, 5.74) is 2.76. The molecule has 1 aliphatic rings. The first-order chi connectivity index (χ1) is 9.27. The fourth-order valence-electron chi connectivity index (χ4n) is 2.82. The summed E-state index contributed by atoms with van der Waals surface area (Å²) in [5.74, 6) is 0.193. The fourth-order valence-corrected chi connectivity index (χ4v) is 2.82. The van der Waals surface area contributed by atoms with Crippen molar-refractivity contribution in [3.05, 3.63) is 65.7 Å². The van der Waals surface area contributed by atoms with Crippen molar-refractivity contribution in [1.82, 2.24) is 0 Å². The van der Waals surface area contributed by atoms with E-state index in [-0.39, 0.29) is 11.5 Å². The second-order valence-electron chi connectivity index (χ2n) is 4.74. The van der Waals surface area contributed by atoms with E-state index >= 15 is 0 Å². The van der Waals surface area contributed by atoms with E-state index in [2.05, 4.69) is 0 Å². The van der Waals surface area contributed by atoms with Gasteiger partial charge in [-0.3, -0.25) is 4.79 Å². The van der Waals surface area contributed by atoms with Crippen molar-refractivity contribution < 1.29 is 9.90 Å². The van der Waals surface area contributed by atoms with E-state index in [0.717, 1.165) is 16.3 Å². The van der Waals surface area contributed by atoms with Gasteiger partial charge in [0.05, 0.1) is 0 Å². The molecule has 2 nitrogen and oxygen atoms in total. The highest BCUT2D eigenvalue weighted by molar-refractivity contribution is 6.24. The third-order valence-corrected chi connectivity index (χ3v) is 3.71. The first kappa shape index (κ1) is 10.3. The van der Waals surface area contributed by atoms with Crippen LogP contribution in [0.1, 0.15) is 15.9 Å². The topological polar surface area (TPSA) is 37.3 Å². The summed E-state index contributed by atoms with van der Waals surface area (Å²) in [5, 5.41) is 12.2. The number of rotatable bonds is 0. The molecule has 0 amide bonds. The molecule has 90 valence electrons. The van der Waals surface area contributed by atoms with E-state index < -0.39 is 0 Å². The van der Waals surface area contributed by atoms with E-state index in [9.17, 15) is 9.90 Å². The van der Waals surface area contributed by atoms with Crippen LogP contribution in [-0.2, 0) is 0 Å². The number of phenols is 1. The molecule has 0 saturated carbocycles. The number of hydrogen-bond acceptors (Lipinski definition) is 2. The second-order valence-corrected chi connectivity index (χ2v) is 4.74. The molecular weight excluding hydrogens is 236 g/mol. The minimum absolute atomic E-state index is 0.00773. The van der Waals surface area contributed by atoms with Crippen LogP contribution in [0.15, 0.2) is 54.6 Å². The summed E-state index contributed by atoms with van der Waals surface area (Å²) in [6, 6.07) is 16.9. The summed E-state index contributed by atoms with van der Waals surface area (Å²) in [6.07, 6.45) is 0. The van der Waals surface area contributed by atoms with Gasteiger partial charge in [0, 0.05) is 22.1 Å². The van der Waals surface area contributed by atoms with Gasteiger partial charge >= 0.3 is 0 Å². The quantitative estimate of drug-likeness (QED) is 0.513. The zero-order valence-electron chi connectivity index (χ0n) is 10.1. The molecule has 1 N–H and O–H groups in total. The standard InChI is InChI=1S/C17H10O2/c18-16-13-8-4-3-7-12(13)15-14(16)9-10-5-1-2-6-11(10)17(15)19/h1-9,19H. The van der Waals surface area contributed by atoms with E-state index in [1.54, 1.807) is 0 Å². The van der Waals surface area contributed by atoms with Crippen molar-refractivity contribution in [1.29, 1.82) is 0 Å². The molecule has 2 heteroatoms. The zero-order chi connectivity index (χ0) is 13.0. The molecular formula is C17H10O2. The van der Waals surface area contributed by atoms with Gasteiger partial charge in [0.25, 0.3) is 0 Å². The van der Waals surface area contributed by atoms with Crippen molar-refractivity contribution in [2.24, 2.45) is 0 Å². The summed E-state index contributed by atoms with van der Waals surface area (Å²) >= 11 is 0. The Balaban J connectivity index is 2.20. The maximum absolute atomic E-state index is 12.4. The maximum atomic E-state index is 12.4. The molecule has 0 heterocycles. The number of carbonyl (C=O) groups excluding carboxylic acids is 1. The number of carbonyl (C=O) groups is 1. The van der Waals surface area contributed by atoms with Gasteiger partial charge in [-0.2, -0.15) is 0 Å². The molecule has 19 heavy (non-hydrogen) atoms. The van der Waals surface area contributed by atoms with Crippen molar-refractivity contribution >= 4 is 16.6 Å². The first-order valence-electron chi connectivity index (χ1n) is 6.16. The first-order valence-corrected chi connectivity index (χ1v) is 6.16. The Morgan fingerprint density at radius 1 is 0.789 bits per heavy atom.